The lowest BCUT2D eigenvalue weighted by Crippen LogP contribution is -2.33. The molecule has 3 unspecified atom stereocenters. The van der Waals surface area contributed by atoms with Crippen LogP contribution in [0.3, 0.4) is 0 Å². The van der Waals surface area contributed by atoms with Crippen LogP contribution in [0.2, 0.25) is 0 Å². The summed E-state index contributed by atoms with van der Waals surface area (Å²) in [5, 5.41) is 3.01. The zero-order chi connectivity index (χ0) is 15.6. The molecule has 1 N–H and O–H groups in total. The Kier molecular flexibility index (Phi) is 4.94. The third kappa shape index (κ3) is 3.98. The van der Waals surface area contributed by atoms with Crippen molar-refractivity contribution in [3.63, 3.8) is 0 Å². The highest BCUT2D eigenvalue weighted by molar-refractivity contribution is 8.13. The number of carbonyl (C=O) groups excluding carboxylic acids is 1. The second kappa shape index (κ2) is 6.36. The molecule has 0 aliphatic heterocycles. The summed E-state index contributed by atoms with van der Waals surface area (Å²) >= 11 is 0. The first-order chi connectivity index (χ1) is 9.79. The van der Waals surface area contributed by atoms with Gasteiger partial charge < -0.3 is 5.32 Å². The summed E-state index contributed by atoms with van der Waals surface area (Å²) in [5.74, 6) is 0.609. The number of hydrogen-bond acceptors (Lipinski definition) is 3. The van der Waals surface area contributed by atoms with Gasteiger partial charge in [0.05, 0.1) is 10.9 Å². The lowest BCUT2D eigenvalue weighted by Gasteiger charge is -2.20. The van der Waals surface area contributed by atoms with Gasteiger partial charge in [-0.2, -0.15) is 0 Å². The van der Waals surface area contributed by atoms with Crippen LogP contribution in [0.25, 0.3) is 0 Å². The predicted octanol–water partition coefficient (Wildman–Crippen LogP) is 3.23. The van der Waals surface area contributed by atoms with Gasteiger partial charge in [-0.1, -0.05) is 25.5 Å². The third-order valence-electron chi connectivity index (χ3n) is 4.22. The summed E-state index contributed by atoms with van der Waals surface area (Å²) in [6, 6.07) is 6.12. The summed E-state index contributed by atoms with van der Waals surface area (Å²) < 4.78 is 22.4. The van der Waals surface area contributed by atoms with Crippen LogP contribution in [0, 0.1) is 11.8 Å². The van der Waals surface area contributed by atoms with E-state index in [0.29, 0.717) is 5.92 Å². The summed E-state index contributed by atoms with van der Waals surface area (Å²) in [4.78, 5) is 12.3. The molecule has 6 heteroatoms. The molecule has 3 atom stereocenters. The van der Waals surface area contributed by atoms with Gasteiger partial charge in [-0.05, 0) is 43.4 Å². The van der Waals surface area contributed by atoms with Gasteiger partial charge in [0.2, 0.25) is 5.91 Å². The van der Waals surface area contributed by atoms with Crippen molar-refractivity contribution in [3.05, 3.63) is 29.8 Å². The van der Waals surface area contributed by atoms with E-state index >= 15 is 0 Å². The van der Waals surface area contributed by atoms with Crippen LogP contribution < -0.4 is 5.32 Å². The van der Waals surface area contributed by atoms with Crippen LogP contribution in [-0.2, 0) is 13.8 Å². The largest absolute Gasteiger partial charge is 0.349 e. The Morgan fingerprint density at radius 1 is 1.29 bits per heavy atom. The fourth-order valence-electron chi connectivity index (χ4n) is 2.86. The first kappa shape index (κ1) is 16.3. The number of hydrogen-bond donors (Lipinski definition) is 1. The van der Waals surface area contributed by atoms with Crippen molar-refractivity contribution in [1.82, 2.24) is 5.32 Å². The predicted molar refractivity (Wildman–Crippen MR) is 82.5 cm³/mol. The molecule has 1 saturated carbocycles. The summed E-state index contributed by atoms with van der Waals surface area (Å²) in [6.07, 6.45) is 3.16. The Morgan fingerprint density at radius 3 is 2.38 bits per heavy atom. The molecule has 0 aromatic heterocycles. The van der Waals surface area contributed by atoms with E-state index in [-0.39, 0.29) is 22.8 Å². The Balaban J connectivity index is 2.03. The molecular formula is C15H20ClNO3S. The second-order valence-electron chi connectivity index (χ2n) is 5.75. The van der Waals surface area contributed by atoms with Crippen molar-refractivity contribution < 1.29 is 13.2 Å². The van der Waals surface area contributed by atoms with Crippen LogP contribution in [0.4, 0.5) is 0 Å². The van der Waals surface area contributed by atoms with E-state index in [1.54, 1.807) is 12.1 Å². The number of amides is 1. The first-order valence-corrected chi connectivity index (χ1v) is 9.45. The smallest absolute Gasteiger partial charge is 0.261 e. The van der Waals surface area contributed by atoms with Gasteiger partial charge in [0.1, 0.15) is 0 Å². The van der Waals surface area contributed by atoms with E-state index in [1.807, 2.05) is 6.92 Å². The minimum atomic E-state index is -3.70. The Morgan fingerprint density at radius 2 is 1.90 bits per heavy atom. The fourth-order valence-corrected chi connectivity index (χ4v) is 3.63. The number of halogens is 1. The van der Waals surface area contributed by atoms with E-state index in [0.717, 1.165) is 24.8 Å². The number of carbonyl (C=O) groups is 1. The van der Waals surface area contributed by atoms with Gasteiger partial charge in [0.25, 0.3) is 9.05 Å². The molecule has 0 spiro atoms. The normalized spacial score (nSPS) is 23.8. The van der Waals surface area contributed by atoms with Crippen molar-refractivity contribution in [2.45, 2.75) is 44.0 Å². The monoisotopic (exact) mass is 329 g/mol. The topological polar surface area (TPSA) is 63.2 Å². The Labute approximate surface area is 130 Å². The zero-order valence-corrected chi connectivity index (χ0v) is 13.7. The number of nitrogens with one attached hydrogen (secondary N) is 1. The molecule has 0 radical (unpaired) electrons. The summed E-state index contributed by atoms with van der Waals surface area (Å²) in [6.45, 7) is 4.00. The molecule has 4 nitrogen and oxygen atoms in total. The van der Waals surface area contributed by atoms with Gasteiger partial charge in [0.15, 0.2) is 0 Å². The molecule has 1 amide bonds. The maximum Gasteiger partial charge on any atom is 0.261 e. The third-order valence-corrected chi connectivity index (χ3v) is 5.59. The lowest BCUT2D eigenvalue weighted by molar-refractivity contribution is -0.126. The first-order valence-electron chi connectivity index (χ1n) is 7.14. The molecule has 1 aliphatic carbocycles. The molecule has 2 rings (SSSR count). The molecule has 21 heavy (non-hydrogen) atoms. The maximum absolute atomic E-state index is 12.2. The van der Waals surface area contributed by atoms with Crippen molar-refractivity contribution in [2.75, 3.05) is 0 Å². The minimum absolute atomic E-state index is 0.0656. The van der Waals surface area contributed by atoms with E-state index in [4.69, 9.17) is 10.7 Å². The highest BCUT2D eigenvalue weighted by Gasteiger charge is 2.30. The zero-order valence-electron chi connectivity index (χ0n) is 12.2. The van der Waals surface area contributed by atoms with Gasteiger partial charge in [-0.3, -0.25) is 4.79 Å². The number of rotatable bonds is 4. The van der Waals surface area contributed by atoms with Gasteiger partial charge in [-0.15, -0.1) is 0 Å². The van der Waals surface area contributed by atoms with Crippen molar-refractivity contribution >= 4 is 25.6 Å². The second-order valence-corrected chi connectivity index (χ2v) is 8.32. The maximum atomic E-state index is 12.2. The minimum Gasteiger partial charge on any atom is -0.349 e. The molecule has 116 valence electrons. The van der Waals surface area contributed by atoms with Crippen LogP contribution in [0.1, 0.15) is 44.7 Å². The molecule has 1 fully saturated rings. The van der Waals surface area contributed by atoms with Crippen molar-refractivity contribution in [1.29, 1.82) is 0 Å². The molecule has 0 saturated heterocycles. The average Bonchev–Trinajstić information content (AvgIpc) is 2.84. The summed E-state index contributed by atoms with van der Waals surface area (Å²) in [5.41, 5.74) is 0.859. The molecule has 1 aliphatic rings. The summed E-state index contributed by atoms with van der Waals surface area (Å²) in [7, 11) is 1.58. The van der Waals surface area contributed by atoms with Crippen molar-refractivity contribution in [3.8, 4) is 0 Å². The van der Waals surface area contributed by atoms with E-state index in [2.05, 4.69) is 12.2 Å². The number of benzene rings is 1. The van der Waals surface area contributed by atoms with Crippen molar-refractivity contribution in [2.24, 2.45) is 11.8 Å². The molecule has 1 aromatic rings. The van der Waals surface area contributed by atoms with Gasteiger partial charge in [0, 0.05) is 16.6 Å². The van der Waals surface area contributed by atoms with Gasteiger partial charge in [-0.25, -0.2) is 8.42 Å². The molecule has 1 aromatic carbocycles. The van der Waals surface area contributed by atoms with E-state index in [9.17, 15) is 13.2 Å². The Bertz CT molecular complexity index is 612. The highest BCUT2D eigenvalue weighted by atomic mass is 35.7. The molecule has 0 bridgehead atoms. The SMILES string of the molecule is CC(NC(=O)C1CCCC1C)c1ccc(S(=O)(=O)Cl)cc1. The van der Waals surface area contributed by atoms with E-state index in [1.165, 1.54) is 12.1 Å². The molecule has 0 heterocycles. The van der Waals surface area contributed by atoms with Crippen LogP contribution in [0.5, 0.6) is 0 Å². The average molecular weight is 330 g/mol. The molecular weight excluding hydrogens is 310 g/mol. The quantitative estimate of drug-likeness (QED) is 0.863. The van der Waals surface area contributed by atoms with Crippen LogP contribution in [-0.4, -0.2) is 14.3 Å². The standard InChI is InChI=1S/C15H20ClNO3S/c1-10-4-3-5-14(10)15(18)17-11(2)12-6-8-13(9-7-12)21(16,19)20/h6-11,14H,3-5H2,1-2H3,(H,17,18). The highest BCUT2D eigenvalue weighted by Crippen LogP contribution is 2.31. The van der Waals surface area contributed by atoms with Crippen LogP contribution >= 0.6 is 10.7 Å². The lowest BCUT2D eigenvalue weighted by atomic mass is 9.96. The van der Waals surface area contributed by atoms with Crippen LogP contribution in [0.15, 0.2) is 29.2 Å². The van der Waals surface area contributed by atoms with Gasteiger partial charge >= 0.3 is 0 Å². The fraction of sp³-hybridized carbons (Fsp3) is 0.533. The van der Waals surface area contributed by atoms with E-state index < -0.39 is 9.05 Å². The Hall–Kier alpha value is -1.07.